The average molecular weight is 300 g/mol. The molecule has 0 heterocycles. The van der Waals surface area contributed by atoms with Crippen LogP contribution in [0.5, 0.6) is 0 Å². The van der Waals surface area contributed by atoms with Crippen LogP contribution in [0.2, 0.25) is 0 Å². The number of rotatable bonds is 3. The first-order chi connectivity index (χ1) is 11.2. The Morgan fingerprint density at radius 1 is 0.913 bits per heavy atom. The van der Waals surface area contributed by atoms with Crippen molar-refractivity contribution in [2.24, 2.45) is 0 Å². The Balaban J connectivity index is 2.07. The lowest BCUT2D eigenvalue weighted by Gasteiger charge is -2.14. The molecule has 0 fully saturated rings. The first kappa shape index (κ1) is 13.8. The van der Waals surface area contributed by atoms with E-state index < -0.39 is 0 Å². The Morgan fingerprint density at radius 2 is 1.52 bits per heavy atom. The third-order valence-corrected chi connectivity index (χ3v) is 4.38. The van der Waals surface area contributed by atoms with E-state index in [0.717, 1.165) is 10.9 Å². The van der Waals surface area contributed by atoms with Crippen LogP contribution >= 0.6 is 0 Å². The molecule has 0 amide bonds. The molecule has 2 heteroatoms. The van der Waals surface area contributed by atoms with Crippen molar-refractivity contribution < 1.29 is 9.53 Å². The Bertz CT molecular complexity index is 1040. The van der Waals surface area contributed by atoms with Crippen LogP contribution in [0.15, 0.2) is 61.2 Å². The van der Waals surface area contributed by atoms with E-state index in [-0.39, 0.29) is 5.97 Å². The second kappa shape index (κ2) is 5.10. The van der Waals surface area contributed by atoms with Crippen LogP contribution in [0.4, 0.5) is 0 Å². The van der Waals surface area contributed by atoms with Gasteiger partial charge in [0.2, 0.25) is 0 Å². The zero-order chi connectivity index (χ0) is 16.0. The van der Waals surface area contributed by atoms with Crippen LogP contribution in [0, 0.1) is 0 Å². The highest BCUT2D eigenvalue weighted by Gasteiger charge is 2.16. The van der Waals surface area contributed by atoms with Crippen LogP contribution < -0.4 is 0 Å². The normalized spacial score (nSPS) is 11.3. The number of esters is 1. The third-order valence-electron chi connectivity index (χ3n) is 4.38. The van der Waals surface area contributed by atoms with Crippen molar-refractivity contribution in [1.82, 2.24) is 0 Å². The second-order valence-corrected chi connectivity index (χ2v) is 5.67. The van der Waals surface area contributed by atoms with Gasteiger partial charge < -0.3 is 4.74 Å². The zero-order valence-corrected chi connectivity index (χ0v) is 12.9. The highest BCUT2D eigenvalue weighted by atomic mass is 16.5. The van der Waals surface area contributed by atoms with Gasteiger partial charge in [-0.25, -0.2) is 4.79 Å². The first-order valence-corrected chi connectivity index (χ1v) is 7.73. The summed E-state index contributed by atoms with van der Waals surface area (Å²) < 4.78 is 5.11. The van der Waals surface area contributed by atoms with E-state index >= 15 is 0 Å². The molecule has 2 nitrogen and oxygen atoms in total. The molecule has 0 aliphatic carbocycles. The van der Waals surface area contributed by atoms with E-state index in [1.807, 2.05) is 12.1 Å². The van der Waals surface area contributed by atoms with E-state index in [1.165, 1.54) is 26.9 Å². The number of hydrogen-bond donors (Lipinski definition) is 0. The maximum atomic E-state index is 12.1. The molecule has 0 N–H and O–H groups in total. The van der Waals surface area contributed by atoms with Gasteiger partial charge >= 0.3 is 5.97 Å². The van der Waals surface area contributed by atoms with Gasteiger partial charge in [0.25, 0.3) is 0 Å². The van der Waals surface area contributed by atoms with Crippen molar-refractivity contribution in [1.29, 1.82) is 0 Å². The smallest absolute Gasteiger partial charge is 0.338 e. The molecule has 0 unspecified atom stereocenters. The molecular weight excluding hydrogens is 284 g/mol. The molecular formula is C21H16O2. The van der Waals surface area contributed by atoms with Gasteiger partial charge in [-0.15, -0.1) is 0 Å². The van der Waals surface area contributed by atoms with Crippen molar-refractivity contribution in [2.75, 3.05) is 6.61 Å². The van der Waals surface area contributed by atoms with Gasteiger partial charge in [0, 0.05) is 0 Å². The van der Waals surface area contributed by atoms with Crippen molar-refractivity contribution in [3.8, 4) is 0 Å². The Morgan fingerprint density at radius 3 is 2.22 bits per heavy atom. The van der Waals surface area contributed by atoms with E-state index in [1.54, 1.807) is 6.92 Å². The first-order valence-electron chi connectivity index (χ1n) is 7.73. The van der Waals surface area contributed by atoms with Crippen molar-refractivity contribution in [3.05, 3.63) is 66.7 Å². The van der Waals surface area contributed by atoms with Gasteiger partial charge in [-0.3, -0.25) is 0 Å². The quantitative estimate of drug-likeness (QED) is 0.297. The lowest BCUT2D eigenvalue weighted by molar-refractivity contribution is -0.136. The highest BCUT2D eigenvalue weighted by molar-refractivity contribution is 6.27. The predicted molar refractivity (Wildman–Crippen MR) is 95.8 cm³/mol. The molecule has 23 heavy (non-hydrogen) atoms. The largest absolute Gasteiger partial charge is 0.462 e. The summed E-state index contributed by atoms with van der Waals surface area (Å²) in [6.07, 6.45) is 0. The minimum atomic E-state index is -0.359. The van der Waals surface area contributed by atoms with Gasteiger partial charge in [-0.05, 0) is 44.8 Å². The van der Waals surface area contributed by atoms with Gasteiger partial charge in [0.05, 0.1) is 12.2 Å². The number of carbonyl (C=O) groups is 1. The molecule has 0 bridgehead atoms. The number of benzene rings is 4. The fourth-order valence-electron chi connectivity index (χ4n) is 3.33. The van der Waals surface area contributed by atoms with Crippen LogP contribution in [-0.4, -0.2) is 12.6 Å². The van der Waals surface area contributed by atoms with E-state index in [2.05, 4.69) is 49.0 Å². The zero-order valence-electron chi connectivity index (χ0n) is 12.9. The molecule has 0 aliphatic rings. The molecule has 0 saturated carbocycles. The SMILES string of the molecule is C=C(C(=O)OCC)c1ccc2ccc3cccc4ccc1c2c34. The molecule has 4 aromatic rings. The lowest BCUT2D eigenvalue weighted by Crippen LogP contribution is -2.06. The average Bonchev–Trinajstić information content (AvgIpc) is 2.59. The Labute approximate surface area is 134 Å². The molecule has 0 aliphatic heterocycles. The van der Waals surface area contributed by atoms with E-state index in [4.69, 9.17) is 4.74 Å². The molecule has 112 valence electrons. The summed E-state index contributed by atoms with van der Waals surface area (Å²) in [6, 6.07) is 18.8. The summed E-state index contributed by atoms with van der Waals surface area (Å²) in [5.74, 6) is -0.359. The number of hydrogen-bond acceptors (Lipinski definition) is 2. The van der Waals surface area contributed by atoms with Gasteiger partial charge in [0.15, 0.2) is 0 Å². The van der Waals surface area contributed by atoms with E-state index in [0.29, 0.717) is 12.2 Å². The van der Waals surface area contributed by atoms with Gasteiger partial charge in [-0.1, -0.05) is 61.2 Å². The molecule has 4 rings (SSSR count). The summed E-state index contributed by atoms with van der Waals surface area (Å²) in [7, 11) is 0. The minimum Gasteiger partial charge on any atom is -0.462 e. The number of ether oxygens (including phenoxy) is 1. The molecule has 0 saturated heterocycles. The number of carbonyl (C=O) groups excluding carboxylic acids is 1. The van der Waals surface area contributed by atoms with Crippen molar-refractivity contribution in [3.63, 3.8) is 0 Å². The van der Waals surface area contributed by atoms with Gasteiger partial charge in [-0.2, -0.15) is 0 Å². The van der Waals surface area contributed by atoms with Crippen molar-refractivity contribution >= 4 is 43.9 Å². The molecule has 0 aromatic heterocycles. The summed E-state index contributed by atoms with van der Waals surface area (Å²) in [4.78, 5) is 12.1. The minimum absolute atomic E-state index is 0.351. The lowest BCUT2D eigenvalue weighted by atomic mass is 9.90. The maximum Gasteiger partial charge on any atom is 0.338 e. The summed E-state index contributed by atoms with van der Waals surface area (Å²) in [5.41, 5.74) is 1.25. The van der Waals surface area contributed by atoms with Crippen LogP contribution in [-0.2, 0) is 9.53 Å². The monoisotopic (exact) mass is 300 g/mol. The fourth-order valence-corrected chi connectivity index (χ4v) is 3.33. The third kappa shape index (κ3) is 1.99. The topological polar surface area (TPSA) is 26.3 Å². The van der Waals surface area contributed by atoms with Crippen LogP contribution in [0.3, 0.4) is 0 Å². The molecule has 0 atom stereocenters. The second-order valence-electron chi connectivity index (χ2n) is 5.67. The van der Waals surface area contributed by atoms with Crippen LogP contribution in [0.1, 0.15) is 12.5 Å². The van der Waals surface area contributed by atoms with Crippen LogP contribution in [0.25, 0.3) is 37.9 Å². The standard InChI is InChI=1S/C21H16O2/c1-3-23-21(22)13(2)17-11-9-16-8-7-14-5-4-6-15-10-12-18(17)20(16)19(14)15/h4-12H,2-3H2,1H3. The van der Waals surface area contributed by atoms with Crippen molar-refractivity contribution in [2.45, 2.75) is 6.92 Å². The Kier molecular flexibility index (Phi) is 3.05. The predicted octanol–water partition coefficient (Wildman–Crippen LogP) is 5.16. The molecule has 0 spiro atoms. The molecule has 0 radical (unpaired) electrons. The molecule has 4 aromatic carbocycles. The summed E-state index contributed by atoms with van der Waals surface area (Å²) in [5, 5.41) is 7.05. The Hall–Kier alpha value is -2.87. The highest BCUT2D eigenvalue weighted by Crippen LogP contribution is 2.37. The fraction of sp³-hybridized carbons (Fsp3) is 0.0952. The summed E-state index contributed by atoms with van der Waals surface area (Å²) in [6.45, 7) is 6.10. The van der Waals surface area contributed by atoms with Gasteiger partial charge in [0.1, 0.15) is 0 Å². The maximum absolute atomic E-state index is 12.1. The summed E-state index contributed by atoms with van der Waals surface area (Å²) >= 11 is 0. The van der Waals surface area contributed by atoms with E-state index in [9.17, 15) is 4.79 Å².